The highest BCUT2D eigenvalue weighted by Crippen LogP contribution is 2.24. The van der Waals surface area contributed by atoms with E-state index in [-0.39, 0.29) is 11.9 Å². The summed E-state index contributed by atoms with van der Waals surface area (Å²) in [6.45, 7) is 7.06. The zero-order valence-electron chi connectivity index (χ0n) is 8.58. The standard InChI is InChI=1S/C10H18N2O2/c1-3-5-8-6-12-7-10(8,11)9(13)14-4-2/h3,8,12H,1,4-7,11H2,2H3/t8-,10-/m0/s1. The number of carbonyl (C=O) groups is 1. The molecule has 0 bridgehead atoms. The van der Waals surface area contributed by atoms with Crippen molar-refractivity contribution in [3.8, 4) is 0 Å². The molecule has 3 N–H and O–H groups in total. The van der Waals surface area contributed by atoms with Crippen molar-refractivity contribution in [1.82, 2.24) is 5.32 Å². The van der Waals surface area contributed by atoms with Gasteiger partial charge >= 0.3 is 5.97 Å². The molecule has 0 spiro atoms. The van der Waals surface area contributed by atoms with Crippen molar-refractivity contribution in [2.45, 2.75) is 18.9 Å². The molecule has 1 rings (SSSR count). The highest BCUT2D eigenvalue weighted by atomic mass is 16.5. The third-order valence-electron chi connectivity index (χ3n) is 2.64. The van der Waals surface area contributed by atoms with Crippen LogP contribution in [0.3, 0.4) is 0 Å². The Labute approximate surface area is 84.5 Å². The van der Waals surface area contributed by atoms with Crippen LogP contribution < -0.4 is 11.1 Å². The molecular formula is C10H18N2O2. The van der Waals surface area contributed by atoms with Crippen LogP contribution in [-0.4, -0.2) is 31.2 Å². The molecule has 1 heterocycles. The fourth-order valence-electron chi connectivity index (χ4n) is 1.78. The van der Waals surface area contributed by atoms with E-state index in [2.05, 4.69) is 11.9 Å². The van der Waals surface area contributed by atoms with E-state index < -0.39 is 5.54 Å². The van der Waals surface area contributed by atoms with Crippen molar-refractivity contribution >= 4 is 5.97 Å². The zero-order valence-corrected chi connectivity index (χ0v) is 8.58. The monoisotopic (exact) mass is 198 g/mol. The number of allylic oxidation sites excluding steroid dienone is 1. The summed E-state index contributed by atoms with van der Waals surface area (Å²) in [6.07, 6.45) is 2.53. The Bertz CT molecular complexity index is 230. The maximum atomic E-state index is 11.6. The summed E-state index contributed by atoms with van der Waals surface area (Å²) >= 11 is 0. The van der Waals surface area contributed by atoms with Crippen molar-refractivity contribution < 1.29 is 9.53 Å². The molecule has 0 saturated carbocycles. The summed E-state index contributed by atoms with van der Waals surface area (Å²) in [5, 5.41) is 3.11. The first kappa shape index (κ1) is 11.2. The molecular weight excluding hydrogens is 180 g/mol. The second-order valence-corrected chi connectivity index (χ2v) is 3.61. The van der Waals surface area contributed by atoms with Gasteiger partial charge in [0.25, 0.3) is 0 Å². The van der Waals surface area contributed by atoms with Gasteiger partial charge in [0.05, 0.1) is 6.61 Å². The number of carbonyl (C=O) groups excluding carboxylic acids is 1. The largest absolute Gasteiger partial charge is 0.465 e. The number of nitrogens with two attached hydrogens (primary N) is 1. The van der Waals surface area contributed by atoms with Gasteiger partial charge in [0, 0.05) is 19.0 Å². The Morgan fingerprint density at radius 3 is 3.14 bits per heavy atom. The number of ether oxygens (including phenoxy) is 1. The predicted molar refractivity (Wildman–Crippen MR) is 54.7 cm³/mol. The van der Waals surface area contributed by atoms with Crippen molar-refractivity contribution in [2.75, 3.05) is 19.7 Å². The number of nitrogens with one attached hydrogen (secondary N) is 1. The van der Waals surface area contributed by atoms with Gasteiger partial charge in [-0.1, -0.05) is 6.08 Å². The lowest BCUT2D eigenvalue weighted by atomic mass is 9.86. The molecule has 1 saturated heterocycles. The van der Waals surface area contributed by atoms with Crippen molar-refractivity contribution in [3.05, 3.63) is 12.7 Å². The van der Waals surface area contributed by atoms with E-state index in [1.54, 1.807) is 13.0 Å². The van der Waals surface area contributed by atoms with Gasteiger partial charge in [-0.25, -0.2) is 4.79 Å². The lowest BCUT2D eigenvalue weighted by Crippen LogP contribution is -2.55. The average Bonchev–Trinajstić information content (AvgIpc) is 2.51. The minimum atomic E-state index is -0.871. The van der Waals surface area contributed by atoms with Gasteiger partial charge < -0.3 is 15.8 Å². The third kappa shape index (κ3) is 1.96. The minimum absolute atomic E-state index is 0.0963. The van der Waals surface area contributed by atoms with Gasteiger partial charge in [0.1, 0.15) is 5.54 Å². The van der Waals surface area contributed by atoms with Crippen LogP contribution >= 0.6 is 0 Å². The summed E-state index contributed by atoms with van der Waals surface area (Å²) in [5.41, 5.74) is 5.16. The summed E-state index contributed by atoms with van der Waals surface area (Å²) < 4.78 is 4.97. The normalized spacial score (nSPS) is 31.4. The zero-order chi connectivity index (χ0) is 10.6. The molecule has 1 aliphatic heterocycles. The molecule has 4 nitrogen and oxygen atoms in total. The molecule has 0 aromatic rings. The summed E-state index contributed by atoms with van der Waals surface area (Å²) in [5.74, 6) is -0.212. The van der Waals surface area contributed by atoms with Crippen LogP contribution in [0.25, 0.3) is 0 Å². The molecule has 0 aliphatic carbocycles. The topological polar surface area (TPSA) is 64.3 Å². The second-order valence-electron chi connectivity index (χ2n) is 3.61. The van der Waals surface area contributed by atoms with E-state index in [9.17, 15) is 4.79 Å². The van der Waals surface area contributed by atoms with Crippen molar-refractivity contribution in [3.63, 3.8) is 0 Å². The molecule has 0 aromatic heterocycles. The molecule has 1 fully saturated rings. The van der Waals surface area contributed by atoms with Crippen LogP contribution in [-0.2, 0) is 9.53 Å². The Hall–Kier alpha value is -0.870. The van der Waals surface area contributed by atoms with E-state index in [0.717, 1.165) is 13.0 Å². The molecule has 0 unspecified atom stereocenters. The second kappa shape index (κ2) is 4.57. The maximum Gasteiger partial charge on any atom is 0.327 e. The van der Waals surface area contributed by atoms with Crippen LogP contribution in [0.1, 0.15) is 13.3 Å². The molecule has 0 amide bonds. The summed E-state index contributed by atoms with van der Waals surface area (Å²) in [4.78, 5) is 11.6. The van der Waals surface area contributed by atoms with Gasteiger partial charge in [0.15, 0.2) is 0 Å². The summed E-state index contributed by atoms with van der Waals surface area (Å²) in [7, 11) is 0. The first-order valence-corrected chi connectivity index (χ1v) is 4.93. The third-order valence-corrected chi connectivity index (χ3v) is 2.64. The lowest BCUT2D eigenvalue weighted by Gasteiger charge is -2.26. The van der Waals surface area contributed by atoms with Gasteiger partial charge in [-0.3, -0.25) is 0 Å². The Morgan fingerprint density at radius 1 is 1.86 bits per heavy atom. The van der Waals surface area contributed by atoms with Crippen molar-refractivity contribution in [1.29, 1.82) is 0 Å². The van der Waals surface area contributed by atoms with E-state index in [4.69, 9.17) is 10.5 Å². The first-order valence-electron chi connectivity index (χ1n) is 4.93. The fraction of sp³-hybridized carbons (Fsp3) is 0.700. The molecule has 14 heavy (non-hydrogen) atoms. The predicted octanol–water partition coefficient (Wildman–Crippen LogP) is 0.0425. The molecule has 4 heteroatoms. The lowest BCUT2D eigenvalue weighted by molar-refractivity contribution is -0.150. The molecule has 0 aromatic carbocycles. The van der Waals surface area contributed by atoms with Crippen LogP contribution in [0.5, 0.6) is 0 Å². The van der Waals surface area contributed by atoms with Crippen LogP contribution in [0, 0.1) is 5.92 Å². The van der Waals surface area contributed by atoms with Crippen LogP contribution in [0.4, 0.5) is 0 Å². The SMILES string of the molecule is C=CC[C@H]1CNC[C@@]1(N)C(=O)OCC. The smallest absolute Gasteiger partial charge is 0.327 e. The van der Waals surface area contributed by atoms with Gasteiger partial charge in [-0.05, 0) is 13.3 Å². The Balaban J connectivity index is 2.69. The number of hydrogen-bond donors (Lipinski definition) is 2. The van der Waals surface area contributed by atoms with Crippen LogP contribution in [0.15, 0.2) is 12.7 Å². The molecule has 80 valence electrons. The van der Waals surface area contributed by atoms with Gasteiger partial charge in [-0.15, -0.1) is 6.58 Å². The number of hydrogen-bond acceptors (Lipinski definition) is 4. The number of esters is 1. The quantitative estimate of drug-likeness (QED) is 0.494. The molecule has 0 radical (unpaired) electrons. The first-order chi connectivity index (χ1) is 6.65. The van der Waals surface area contributed by atoms with Gasteiger partial charge in [0.2, 0.25) is 0 Å². The maximum absolute atomic E-state index is 11.6. The summed E-state index contributed by atoms with van der Waals surface area (Å²) in [6, 6.07) is 0. The number of rotatable bonds is 4. The highest BCUT2D eigenvalue weighted by Gasteiger charge is 2.46. The van der Waals surface area contributed by atoms with Gasteiger partial charge in [-0.2, -0.15) is 0 Å². The fourth-order valence-corrected chi connectivity index (χ4v) is 1.78. The Morgan fingerprint density at radius 2 is 2.57 bits per heavy atom. The Kier molecular flexibility index (Phi) is 3.66. The van der Waals surface area contributed by atoms with Crippen LogP contribution in [0.2, 0.25) is 0 Å². The average molecular weight is 198 g/mol. The van der Waals surface area contributed by atoms with Crippen molar-refractivity contribution in [2.24, 2.45) is 11.7 Å². The van der Waals surface area contributed by atoms with E-state index in [0.29, 0.717) is 13.2 Å². The van der Waals surface area contributed by atoms with E-state index in [1.807, 2.05) is 0 Å². The molecule has 2 atom stereocenters. The van der Waals surface area contributed by atoms with E-state index in [1.165, 1.54) is 0 Å². The highest BCUT2D eigenvalue weighted by molar-refractivity contribution is 5.82. The minimum Gasteiger partial charge on any atom is -0.465 e. The molecule has 1 aliphatic rings. The van der Waals surface area contributed by atoms with E-state index >= 15 is 0 Å².